The molecule has 0 heterocycles. The number of benzene rings is 1. The molecule has 1 unspecified atom stereocenters. The van der Waals surface area contributed by atoms with Crippen LogP contribution < -0.4 is 5.32 Å². The second-order valence-electron chi connectivity index (χ2n) is 5.06. The predicted molar refractivity (Wildman–Crippen MR) is 63.1 cm³/mol. The van der Waals surface area contributed by atoms with Gasteiger partial charge in [0.1, 0.15) is 0 Å². The van der Waals surface area contributed by atoms with Gasteiger partial charge in [0.15, 0.2) is 0 Å². The standard InChI is InChI=1S/C14H19N/c1-2-7-14-12(6-1)8-13(14)10-15-9-11-4-3-5-11/h1-2,6-7,11,13,15H,3-5,8-10H2. The highest BCUT2D eigenvalue weighted by atomic mass is 14.9. The summed E-state index contributed by atoms with van der Waals surface area (Å²) >= 11 is 0. The van der Waals surface area contributed by atoms with Crippen LogP contribution in [0.2, 0.25) is 0 Å². The number of hydrogen-bond donors (Lipinski definition) is 1. The van der Waals surface area contributed by atoms with E-state index in [9.17, 15) is 0 Å². The van der Waals surface area contributed by atoms with Crippen molar-refractivity contribution >= 4 is 0 Å². The van der Waals surface area contributed by atoms with Crippen LogP contribution in [0.25, 0.3) is 0 Å². The summed E-state index contributed by atoms with van der Waals surface area (Å²) in [7, 11) is 0. The van der Waals surface area contributed by atoms with Gasteiger partial charge in [-0.3, -0.25) is 0 Å². The molecule has 1 aromatic carbocycles. The average molecular weight is 201 g/mol. The zero-order valence-corrected chi connectivity index (χ0v) is 9.21. The lowest BCUT2D eigenvalue weighted by Gasteiger charge is -2.32. The first-order valence-electron chi connectivity index (χ1n) is 6.22. The van der Waals surface area contributed by atoms with Crippen molar-refractivity contribution in [3.05, 3.63) is 35.4 Å². The molecule has 1 nitrogen and oxygen atoms in total. The van der Waals surface area contributed by atoms with Crippen molar-refractivity contribution in [1.82, 2.24) is 5.32 Å². The van der Waals surface area contributed by atoms with Crippen molar-refractivity contribution in [3.8, 4) is 0 Å². The van der Waals surface area contributed by atoms with Gasteiger partial charge in [-0.05, 0) is 42.9 Å². The molecule has 0 spiro atoms. The quantitative estimate of drug-likeness (QED) is 0.790. The molecule has 1 atom stereocenters. The third kappa shape index (κ3) is 1.81. The van der Waals surface area contributed by atoms with Gasteiger partial charge in [-0.15, -0.1) is 0 Å². The molecule has 0 saturated heterocycles. The van der Waals surface area contributed by atoms with Crippen LogP contribution in [0, 0.1) is 5.92 Å². The fraction of sp³-hybridized carbons (Fsp3) is 0.571. The Morgan fingerprint density at radius 2 is 2.00 bits per heavy atom. The molecular weight excluding hydrogens is 182 g/mol. The Kier molecular flexibility index (Phi) is 2.49. The maximum atomic E-state index is 3.63. The molecule has 15 heavy (non-hydrogen) atoms. The molecule has 1 fully saturated rings. The van der Waals surface area contributed by atoms with Crippen molar-refractivity contribution in [2.75, 3.05) is 13.1 Å². The molecular formula is C14H19N. The summed E-state index contributed by atoms with van der Waals surface area (Å²) < 4.78 is 0. The number of fused-ring (bicyclic) bond motifs is 1. The van der Waals surface area contributed by atoms with Crippen LogP contribution >= 0.6 is 0 Å². The first-order chi connectivity index (χ1) is 7.43. The Balaban J connectivity index is 1.46. The van der Waals surface area contributed by atoms with Gasteiger partial charge in [0.25, 0.3) is 0 Å². The van der Waals surface area contributed by atoms with E-state index in [-0.39, 0.29) is 0 Å². The maximum Gasteiger partial charge on any atom is 0.00235 e. The second-order valence-corrected chi connectivity index (χ2v) is 5.06. The maximum absolute atomic E-state index is 3.63. The summed E-state index contributed by atoms with van der Waals surface area (Å²) in [5.41, 5.74) is 3.14. The normalized spacial score (nSPS) is 24.1. The smallest absolute Gasteiger partial charge is 0.00235 e. The summed E-state index contributed by atoms with van der Waals surface area (Å²) in [4.78, 5) is 0. The van der Waals surface area contributed by atoms with Gasteiger partial charge in [0.05, 0.1) is 0 Å². The minimum Gasteiger partial charge on any atom is -0.316 e. The van der Waals surface area contributed by atoms with E-state index in [1.165, 1.54) is 38.8 Å². The van der Waals surface area contributed by atoms with Crippen molar-refractivity contribution < 1.29 is 0 Å². The zero-order valence-electron chi connectivity index (χ0n) is 9.21. The van der Waals surface area contributed by atoms with E-state index >= 15 is 0 Å². The van der Waals surface area contributed by atoms with E-state index in [1.54, 1.807) is 11.1 Å². The fourth-order valence-electron chi connectivity index (χ4n) is 2.70. The minimum atomic E-state index is 0.793. The van der Waals surface area contributed by atoms with Crippen molar-refractivity contribution in [3.63, 3.8) is 0 Å². The average Bonchev–Trinajstić information content (AvgIpc) is 2.16. The van der Waals surface area contributed by atoms with Crippen LogP contribution in [0.4, 0.5) is 0 Å². The minimum absolute atomic E-state index is 0.793. The summed E-state index contributed by atoms with van der Waals surface area (Å²) in [6.45, 7) is 2.44. The van der Waals surface area contributed by atoms with E-state index in [0.717, 1.165) is 11.8 Å². The van der Waals surface area contributed by atoms with Crippen LogP contribution in [-0.2, 0) is 6.42 Å². The van der Waals surface area contributed by atoms with Gasteiger partial charge in [-0.2, -0.15) is 0 Å². The van der Waals surface area contributed by atoms with E-state index in [1.807, 2.05) is 0 Å². The van der Waals surface area contributed by atoms with Crippen LogP contribution in [0.15, 0.2) is 24.3 Å². The monoisotopic (exact) mass is 201 g/mol. The van der Waals surface area contributed by atoms with Crippen molar-refractivity contribution in [1.29, 1.82) is 0 Å². The lowest BCUT2D eigenvalue weighted by Crippen LogP contribution is -2.33. The molecule has 3 rings (SSSR count). The fourth-order valence-corrected chi connectivity index (χ4v) is 2.70. The van der Waals surface area contributed by atoms with Gasteiger partial charge in [-0.25, -0.2) is 0 Å². The Bertz CT molecular complexity index is 341. The van der Waals surface area contributed by atoms with E-state index < -0.39 is 0 Å². The third-order valence-corrected chi connectivity index (χ3v) is 4.01. The van der Waals surface area contributed by atoms with Gasteiger partial charge < -0.3 is 5.32 Å². The first-order valence-corrected chi connectivity index (χ1v) is 6.22. The highest BCUT2D eigenvalue weighted by molar-refractivity contribution is 5.40. The highest BCUT2D eigenvalue weighted by Crippen LogP contribution is 2.34. The summed E-state index contributed by atoms with van der Waals surface area (Å²) in [6.07, 6.45) is 5.65. The van der Waals surface area contributed by atoms with Crippen LogP contribution in [0.5, 0.6) is 0 Å². The second kappa shape index (κ2) is 3.97. The lowest BCUT2D eigenvalue weighted by atomic mass is 9.77. The van der Waals surface area contributed by atoms with Crippen LogP contribution in [0.1, 0.15) is 36.3 Å². The number of rotatable bonds is 4. The molecule has 0 radical (unpaired) electrons. The van der Waals surface area contributed by atoms with Crippen molar-refractivity contribution in [2.24, 2.45) is 5.92 Å². The summed E-state index contributed by atoms with van der Waals surface area (Å²) in [6, 6.07) is 8.86. The molecule has 2 aliphatic rings. The van der Waals surface area contributed by atoms with Crippen molar-refractivity contribution in [2.45, 2.75) is 31.6 Å². The molecule has 0 aromatic heterocycles. The molecule has 1 saturated carbocycles. The molecule has 0 bridgehead atoms. The Morgan fingerprint density at radius 3 is 2.73 bits per heavy atom. The molecule has 1 N–H and O–H groups in total. The van der Waals surface area contributed by atoms with Gasteiger partial charge in [0.2, 0.25) is 0 Å². The molecule has 80 valence electrons. The van der Waals surface area contributed by atoms with E-state index in [2.05, 4.69) is 29.6 Å². The number of hydrogen-bond acceptors (Lipinski definition) is 1. The molecule has 0 amide bonds. The number of nitrogens with one attached hydrogen (secondary N) is 1. The van der Waals surface area contributed by atoms with E-state index in [4.69, 9.17) is 0 Å². The molecule has 1 heteroatoms. The summed E-state index contributed by atoms with van der Waals surface area (Å²) in [5.74, 6) is 1.78. The molecule has 0 aliphatic heterocycles. The summed E-state index contributed by atoms with van der Waals surface area (Å²) in [5, 5.41) is 3.63. The SMILES string of the molecule is c1ccc2c(c1)CC2CNCC1CCC1. The largest absolute Gasteiger partial charge is 0.316 e. The first kappa shape index (κ1) is 9.41. The molecule has 1 aromatic rings. The van der Waals surface area contributed by atoms with Gasteiger partial charge in [0, 0.05) is 12.5 Å². The Hall–Kier alpha value is -0.820. The molecule has 2 aliphatic carbocycles. The van der Waals surface area contributed by atoms with Gasteiger partial charge in [-0.1, -0.05) is 30.7 Å². The Morgan fingerprint density at radius 1 is 1.13 bits per heavy atom. The predicted octanol–water partition coefficient (Wildman–Crippen LogP) is 2.72. The topological polar surface area (TPSA) is 12.0 Å². The lowest BCUT2D eigenvalue weighted by molar-refractivity contribution is 0.298. The Labute approximate surface area is 91.9 Å². The highest BCUT2D eigenvalue weighted by Gasteiger charge is 2.25. The van der Waals surface area contributed by atoms with Gasteiger partial charge >= 0.3 is 0 Å². The van der Waals surface area contributed by atoms with Crippen LogP contribution in [-0.4, -0.2) is 13.1 Å². The van der Waals surface area contributed by atoms with Crippen LogP contribution in [0.3, 0.4) is 0 Å². The van der Waals surface area contributed by atoms with E-state index in [0.29, 0.717) is 0 Å². The third-order valence-electron chi connectivity index (χ3n) is 4.01. The zero-order chi connectivity index (χ0) is 10.1.